The fourth-order valence-corrected chi connectivity index (χ4v) is 3.98. The standard InChI is InChI=1S/C28H29ClFN5O2/c1-4-36-21-13-22(25(30)24(14-21)37-16(2)3)26(34-20-11-7-18(8-12-20)27(31)32)28-33-15-23(35-28)17-5-9-19(29)10-6-17/h5-16,26,34H,4H2,1-3H3,(H3,31,32)(H,33,35). The Morgan fingerprint density at radius 3 is 2.46 bits per heavy atom. The average Bonchev–Trinajstić information content (AvgIpc) is 3.35. The van der Waals surface area contributed by atoms with Gasteiger partial charge in [-0.05, 0) is 68.8 Å². The third-order valence-electron chi connectivity index (χ3n) is 5.56. The maximum absolute atomic E-state index is 15.9. The van der Waals surface area contributed by atoms with Crippen LogP contribution >= 0.6 is 11.6 Å². The summed E-state index contributed by atoms with van der Waals surface area (Å²) >= 11 is 6.04. The second kappa shape index (κ2) is 11.3. The summed E-state index contributed by atoms with van der Waals surface area (Å²) in [5.41, 5.74) is 8.81. The number of nitrogens with zero attached hydrogens (tertiary/aromatic N) is 1. The van der Waals surface area contributed by atoms with Gasteiger partial charge in [-0.15, -0.1) is 0 Å². The number of nitrogens with one attached hydrogen (secondary N) is 3. The lowest BCUT2D eigenvalue weighted by Crippen LogP contribution is -2.18. The predicted octanol–water partition coefficient (Wildman–Crippen LogP) is 6.54. The van der Waals surface area contributed by atoms with Crippen LogP contribution in [0.3, 0.4) is 0 Å². The van der Waals surface area contributed by atoms with Crippen LogP contribution < -0.4 is 20.5 Å². The summed E-state index contributed by atoms with van der Waals surface area (Å²) in [6.07, 6.45) is 1.46. The molecule has 0 bridgehead atoms. The number of halogens is 2. The highest BCUT2D eigenvalue weighted by Gasteiger charge is 2.26. The molecule has 7 nitrogen and oxygen atoms in total. The van der Waals surface area contributed by atoms with Crippen LogP contribution in [0.25, 0.3) is 11.3 Å². The zero-order chi connectivity index (χ0) is 26.5. The zero-order valence-electron chi connectivity index (χ0n) is 20.8. The molecule has 0 fully saturated rings. The molecule has 192 valence electrons. The van der Waals surface area contributed by atoms with Crippen molar-refractivity contribution in [3.05, 3.63) is 94.7 Å². The number of aromatic nitrogens is 2. The van der Waals surface area contributed by atoms with Crippen LogP contribution in [0.2, 0.25) is 5.02 Å². The first-order valence-corrected chi connectivity index (χ1v) is 12.3. The van der Waals surface area contributed by atoms with Gasteiger partial charge in [-0.2, -0.15) is 0 Å². The Kier molecular flexibility index (Phi) is 7.98. The fraction of sp³-hybridized carbons (Fsp3) is 0.214. The maximum atomic E-state index is 15.9. The molecule has 0 aliphatic carbocycles. The molecule has 0 spiro atoms. The van der Waals surface area contributed by atoms with Crippen LogP contribution in [0.4, 0.5) is 10.1 Å². The van der Waals surface area contributed by atoms with E-state index in [1.807, 2.05) is 32.9 Å². The van der Waals surface area contributed by atoms with Gasteiger partial charge >= 0.3 is 0 Å². The summed E-state index contributed by atoms with van der Waals surface area (Å²) in [5.74, 6) is 0.521. The van der Waals surface area contributed by atoms with Crippen molar-refractivity contribution in [3.63, 3.8) is 0 Å². The van der Waals surface area contributed by atoms with Crippen LogP contribution in [0.15, 0.2) is 66.9 Å². The van der Waals surface area contributed by atoms with E-state index >= 15 is 4.39 Å². The Bertz CT molecular complexity index is 1370. The number of aromatic amines is 1. The van der Waals surface area contributed by atoms with Crippen LogP contribution in [-0.2, 0) is 0 Å². The molecule has 0 saturated heterocycles. The van der Waals surface area contributed by atoms with Crippen LogP contribution in [0, 0.1) is 11.2 Å². The van der Waals surface area contributed by atoms with Crippen molar-refractivity contribution < 1.29 is 13.9 Å². The van der Waals surface area contributed by atoms with Gasteiger partial charge in [0, 0.05) is 27.9 Å². The van der Waals surface area contributed by atoms with E-state index in [1.54, 1.807) is 54.7 Å². The number of nitrogens with two attached hydrogens (primary N) is 1. The molecule has 0 saturated carbocycles. The maximum Gasteiger partial charge on any atom is 0.171 e. The number of anilines is 1. The number of imidazole rings is 1. The van der Waals surface area contributed by atoms with E-state index in [2.05, 4.69) is 15.3 Å². The van der Waals surface area contributed by atoms with Crippen molar-refractivity contribution in [1.29, 1.82) is 5.41 Å². The molecule has 37 heavy (non-hydrogen) atoms. The normalized spacial score (nSPS) is 11.8. The molecule has 1 atom stereocenters. The molecular formula is C28H29ClFN5O2. The molecular weight excluding hydrogens is 493 g/mol. The fourth-order valence-electron chi connectivity index (χ4n) is 3.86. The molecule has 9 heteroatoms. The van der Waals surface area contributed by atoms with Crippen molar-refractivity contribution >= 4 is 23.1 Å². The first-order chi connectivity index (χ1) is 17.7. The molecule has 0 aliphatic heterocycles. The molecule has 0 amide bonds. The topological polar surface area (TPSA) is 109 Å². The predicted molar refractivity (Wildman–Crippen MR) is 145 cm³/mol. The number of hydrogen-bond donors (Lipinski definition) is 4. The van der Waals surface area contributed by atoms with Crippen LogP contribution in [0.5, 0.6) is 11.5 Å². The molecule has 1 heterocycles. The van der Waals surface area contributed by atoms with Gasteiger partial charge in [0.2, 0.25) is 0 Å². The van der Waals surface area contributed by atoms with Gasteiger partial charge in [0.1, 0.15) is 23.5 Å². The number of benzene rings is 3. The zero-order valence-corrected chi connectivity index (χ0v) is 21.6. The highest BCUT2D eigenvalue weighted by molar-refractivity contribution is 6.30. The third kappa shape index (κ3) is 6.21. The van der Waals surface area contributed by atoms with E-state index in [0.29, 0.717) is 40.0 Å². The quantitative estimate of drug-likeness (QED) is 0.140. The summed E-state index contributed by atoms with van der Waals surface area (Å²) in [7, 11) is 0. The number of amidine groups is 1. The first kappa shape index (κ1) is 26.0. The second-order valence-electron chi connectivity index (χ2n) is 8.68. The Morgan fingerprint density at radius 2 is 1.84 bits per heavy atom. The Hall–Kier alpha value is -4.04. The van der Waals surface area contributed by atoms with Crippen molar-refractivity contribution in [1.82, 2.24) is 9.97 Å². The van der Waals surface area contributed by atoms with Crippen molar-refractivity contribution in [2.75, 3.05) is 11.9 Å². The number of hydrogen-bond acceptors (Lipinski definition) is 5. The first-order valence-electron chi connectivity index (χ1n) is 11.9. The van der Waals surface area contributed by atoms with Gasteiger partial charge in [0.05, 0.1) is 24.6 Å². The monoisotopic (exact) mass is 521 g/mol. The second-order valence-corrected chi connectivity index (χ2v) is 9.12. The Morgan fingerprint density at radius 1 is 1.14 bits per heavy atom. The Balaban J connectivity index is 1.81. The number of nitrogen functional groups attached to an aromatic ring is 1. The van der Waals surface area contributed by atoms with E-state index in [-0.39, 0.29) is 17.7 Å². The summed E-state index contributed by atoms with van der Waals surface area (Å²) in [6.45, 7) is 5.95. The minimum absolute atomic E-state index is 0.0346. The molecule has 4 rings (SSSR count). The lowest BCUT2D eigenvalue weighted by atomic mass is 10.0. The van der Waals surface area contributed by atoms with Crippen molar-refractivity contribution in [2.24, 2.45) is 5.73 Å². The smallest absolute Gasteiger partial charge is 0.171 e. The summed E-state index contributed by atoms with van der Waals surface area (Å²) < 4.78 is 27.4. The van der Waals surface area contributed by atoms with E-state index in [0.717, 1.165) is 11.3 Å². The lowest BCUT2D eigenvalue weighted by molar-refractivity contribution is 0.228. The van der Waals surface area contributed by atoms with Gasteiger partial charge in [-0.25, -0.2) is 9.37 Å². The average molecular weight is 522 g/mol. The van der Waals surface area contributed by atoms with Crippen LogP contribution in [-0.4, -0.2) is 28.5 Å². The van der Waals surface area contributed by atoms with Crippen molar-refractivity contribution in [3.8, 4) is 22.8 Å². The van der Waals surface area contributed by atoms with E-state index in [9.17, 15) is 0 Å². The molecule has 1 unspecified atom stereocenters. The van der Waals surface area contributed by atoms with E-state index in [4.69, 9.17) is 32.2 Å². The third-order valence-corrected chi connectivity index (χ3v) is 5.81. The van der Waals surface area contributed by atoms with Gasteiger partial charge in [-0.3, -0.25) is 5.41 Å². The molecule has 1 aromatic heterocycles. The largest absolute Gasteiger partial charge is 0.494 e. The van der Waals surface area contributed by atoms with Gasteiger partial charge < -0.3 is 25.5 Å². The minimum Gasteiger partial charge on any atom is -0.494 e. The molecule has 0 aliphatic rings. The van der Waals surface area contributed by atoms with Crippen LogP contribution in [0.1, 0.15) is 43.8 Å². The molecule has 3 aromatic carbocycles. The molecule has 5 N–H and O–H groups in total. The lowest BCUT2D eigenvalue weighted by Gasteiger charge is -2.22. The summed E-state index contributed by atoms with van der Waals surface area (Å²) in [4.78, 5) is 7.90. The number of H-pyrrole nitrogens is 1. The van der Waals surface area contributed by atoms with E-state index < -0.39 is 11.9 Å². The Labute approximate surface area is 220 Å². The van der Waals surface area contributed by atoms with Gasteiger partial charge in [0.15, 0.2) is 11.6 Å². The van der Waals surface area contributed by atoms with Gasteiger partial charge in [-0.1, -0.05) is 23.7 Å². The van der Waals surface area contributed by atoms with Crippen molar-refractivity contribution in [2.45, 2.75) is 32.9 Å². The number of rotatable bonds is 10. The number of ether oxygens (including phenoxy) is 2. The molecule has 0 radical (unpaired) electrons. The molecule has 4 aromatic rings. The summed E-state index contributed by atoms with van der Waals surface area (Å²) in [5, 5.41) is 11.6. The van der Waals surface area contributed by atoms with E-state index in [1.165, 1.54) is 0 Å². The SMILES string of the molecule is CCOc1cc(OC(C)C)c(F)c(C(Nc2ccc(C(=N)N)cc2)c2ncc(-c3ccc(Cl)cc3)[nH]2)c1. The highest BCUT2D eigenvalue weighted by atomic mass is 35.5. The van der Waals surface area contributed by atoms with Gasteiger partial charge in [0.25, 0.3) is 0 Å². The minimum atomic E-state index is -0.723. The summed E-state index contributed by atoms with van der Waals surface area (Å²) in [6, 6.07) is 16.9. The highest BCUT2D eigenvalue weighted by Crippen LogP contribution is 2.36.